The first-order valence-corrected chi connectivity index (χ1v) is 7.37. The molecule has 4 nitrogen and oxygen atoms in total. The molecule has 0 aliphatic carbocycles. The molecule has 3 heterocycles. The number of likely N-dealkylation sites (tertiary alicyclic amines) is 2. The van der Waals surface area contributed by atoms with E-state index in [2.05, 4.69) is 11.5 Å². The van der Waals surface area contributed by atoms with E-state index in [1.54, 1.807) is 12.5 Å². The van der Waals surface area contributed by atoms with E-state index in [-0.39, 0.29) is 5.41 Å². The van der Waals surface area contributed by atoms with Crippen LogP contribution in [0.3, 0.4) is 0 Å². The third-order valence-electron chi connectivity index (χ3n) is 4.75. The molecule has 1 spiro atoms. The smallest absolute Gasteiger partial charge is 0.229 e. The van der Waals surface area contributed by atoms with Gasteiger partial charge in [0.1, 0.15) is 0 Å². The number of hydrogen-bond acceptors (Lipinski definition) is 3. The van der Waals surface area contributed by atoms with Crippen molar-refractivity contribution in [3.05, 3.63) is 36.8 Å². The van der Waals surface area contributed by atoms with Gasteiger partial charge in [-0.05, 0) is 38.4 Å². The summed E-state index contributed by atoms with van der Waals surface area (Å²) in [6.45, 7) is 8.25. The Labute approximate surface area is 120 Å². The van der Waals surface area contributed by atoms with Crippen LogP contribution in [0.25, 0.3) is 0 Å². The number of amides is 1. The molecule has 0 aromatic carbocycles. The molecule has 2 aliphatic heterocycles. The Bertz CT molecular complexity index is 473. The SMILES string of the molecule is C=CCN1CCC2(CCN(Cc3ccoc3)CC2)C1=O. The number of furan rings is 1. The maximum atomic E-state index is 12.5. The van der Waals surface area contributed by atoms with E-state index < -0.39 is 0 Å². The third kappa shape index (κ3) is 2.40. The maximum absolute atomic E-state index is 12.5. The summed E-state index contributed by atoms with van der Waals surface area (Å²) in [7, 11) is 0. The summed E-state index contributed by atoms with van der Waals surface area (Å²) < 4.78 is 5.11. The molecule has 0 radical (unpaired) electrons. The second kappa shape index (κ2) is 5.44. The summed E-state index contributed by atoms with van der Waals surface area (Å²) >= 11 is 0. The molecule has 1 aromatic rings. The minimum absolute atomic E-state index is 0.0874. The molecule has 20 heavy (non-hydrogen) atoms. The van der Waals surface area contributed by atoms with Gasteiger partial charge in [0.2, 0.25) is 5.91 Å². The summed E-state index contributed by atoms with van der Waals surface area (Å²) in [5.41, 5.74) is 1.13. The molecule has 3 rings (SSSR count). The van der Waals surface area contributed by atoms with Crippen LogP contribution in [0.15, 0.2) is 35.7 Å². The zero-order valence-electron chi connectivity index (χ0n) is 11.9. The van der Waals surface area contributed by atoms with E-state index in [9.17, 15) is 4.79 Å². The molecule has 4 heteroatoms. The fourth-order valence-electron chi connectivity index (χ4n) is 3.47. The number of carbonyl (C=O) groups excluding carboxylic acids is 1. The van der Waals surface area contributed by atoms with Crippen molar-refractivity contribution in [2.75, 3.05) is 26.2 Å². The lowest BCUT2D eigenvalue weighted by Gasteiger charge is -2.37. The van der Waals surface area contributed by atoms with Crippen LogP contribution in [0.5, 0.6) is 0 Å². The standard InChI is InChI=1S/C16H22N2O2/c1-2-7-18-10-6-16(15(18)19)4-8-17(9-5-16)12-14-3-11-20-13-14/h2-3,11,13H,1,4-10,12H2. The van der Waals surface area contributed by atoms with Crippen LogP contribution in [0.2, 0.25) is 0 Å². The van der Waals surface area contributed by atoms with Gasteiger partial charge in [0.15, 0.2) is 0 Å². The van der Waals surface area contributed by atoms with Gasteiger partial charge >= 0.3 is 0 Å². The summed E-state index contributed by atoms with van der Waals surface area (Å²) in [6, 6.07) is 2.01. The van der Waals surface area contributed by atoms with Gasteiger partial charge in [-0.25, -0.2) is 0 Å². The Morgan fingerprint density at radius 3 is 2.70 bits per heavy atom. The molecule has 108 valence electrons. The predicted molar refractivity (Wildman–Crippen MR) is 77.0 cm³/mol. The van der Waals surface area contributed by atoms with Gasteiger partial charge in [-0.2, -0.15) is 0 Å². The molecule has 0 saturated carbocycles. The Kier molecular flexibility index (Phi) is 3.66. The fourth-order valence-corrected chi connectivity index (χ4v) is 3.47. The Morgan fingerprint density at radius 1 is 1.30 bits per heavy atom. The van der Waals surface area contributed by atoms with Crippen molar-refractivity contribution in [2.24, 2.45) is 5.41 Å². The van der Waals surface area contributed by atoms with E-state index in [0.29, 0.717) is 12.5 Å². The molecule has 0 N–H and O–H groups in total. The topological polar surface area (TPSA) is 36.7 Å². The summed E-state index contributed by atoms with van der Waals surface area (Å²) in [6.07, 6.45) is 8.32. The lowest BCUT2D eigenvalue weighted by Crippen LogP contribution is -2.44. The third-order valence-corrected chi connectivity index (χ3v) is 4.75. The minimum atomic E-state index is -0.0874. The summed E-state index contributed by atoms with van der Waals surface area (Å²) in [5, 5.41) is 0. The van der Waals surface area contributed by atoms with Crippen molar-refractivity contribution >= 4 is 5.91 Å². The quantitative estimate of drug-likeness (QED) is 0.790. The van der Waals surface area contributed by atoms with Crippen LogP contribution in [0.4, 0.5) is 0 Å². The van der Waals surface area contributed by atoms with Crippen molar-refractivity contribution in [1.29, 1.82) is 0 Å². The first-order chi connectivity index (χ1) is 9.73. The molecule has 0 bridgehead atoms. The number of carbonyl (C=O) groups is 1. The molecule has 0 atom stereocenters. The Balaban J connectivity index is 1.58. The summed E-state index contributed by atoms with van der Waals surface area (Å²) in [5.74, 6) is 0.348. The molecule has 1 aromatic heterocycles. The van der Waals surface area contributed by atoms with Gasteiger partial charge in [0.25, 0.3) is 0 Å². The molecule has 2 aliphatic rings. The fraction of sp³-hybridized carbons (Fsp3) is 0.562. The van der Waals surface area contributed by atoms with E-state index in [1.165, 1.54) is 5.56 Å². The van der Waals surface area contributed by atoms with Crippen LogP contribution in [-0.4, -0.2) is 41.9 Å². The molecule has 2 saturated heterocycles. The molecular formula is C16H22N2O2. The normalized spacial score (nSPS) is 22.6. The zero-order valence-corrected chi connectivity index (χ0v) is 11.9. The van der Waals surface area contributed by atoms with Crippen LogP contribution < -0.4 is 0 Å². The number of hydrogen-bond donors (Lipinski definition) is 0. The number of nitrogens with zero attached hydrogens (tertiary/aromatic N) is 2. The zero-order chi connectivity index (χ0) is 14.0. The van der Waals surface area contributed by atoms with Crippen LogP contribution in [-0.2, 0) is 11.3 Å². The van der Waals surface area contributed by atoms with E-state index in [1.807, 2.05) is 17.0 Å². The molecular weight excluding hydrogens is 252 g/mol. The van der Waals surface area contributed by atoms with Gasteiger partial charge in [-0.3, -0.25) is 9.69 Å². The van der Waals surface area contributed by atoms with Gasteiger partial charge in [0.05, 0.1) is 17.9 Å². The van der Waals surface area contributed by atoms with Crippen molar-refractivity contribution < 1.29 is 9.21 Å². The first-order valence-electron chi connectivity index (χ1n) is 7.37. The summed E-state index contributed by atoms with van der Waals surface area (Å²) in [4.78, 5) is 16.9. The highest BCUT2D eigenvalue weighted by Gasteiger charge is 2.47. The lowest BCUT2D eigenvalue weighted by atomic mass is 9.77. The highest BCUT2D eigenvalue weighted by molar-refractivity contribution is 5.85. The average molecular weight is 274 g/mol. The van der Waals surface area contributed by atoms with E-state index in [4.69, 9.17) is 4.42 Å². The highest BCUT2D eigenvalue weighted by atomic mass is 16.3. The van der Waals surface area contributed by atoms with Crippen LogP contribution in [0, 0.1) is 5.41 Å². The number of piperidine rings is 1. The second-order valence-corrected chi connectivity index (χ2v) is 5.98. The van der Waals surface area contributed by atoms with E-state index in [0.717, 1.165) is 45.4 Å². The largest absolute Gasteiger partial charge is 0.472 e. The van der Waals surface area contributed by atoms with Gasteiger partial charge in [-0.15, -0.1) is 6.58 Å². The first kappa shape index (κ1) is 13.4. The Morgan fingerprint density at radius 2 is 2.05 bits per heavy atom. The minimum Gasteiger partial charge on any atom is -0.472 e. The van der Waals surface area contributed by atoms with Crippen molar-refractivity contribution in [3.63, 3.8) is 0 Å². The number of rotatable bonds is 4. The molecule has 0 unspecified atom stereocenters. The lowest BCUT2D eigenvalue weighted by molar-refractivity contribution is -0.138. The van der Waals surface area contributed by atoms with Gasteiger partial charge in [0, 0.05) is 25.2 Å². The van der Waals surface area contributed by atoms with E-state index >= 15 is 0 Å². The van der Waals surface area contributed by atoms with Gasteiger partial charge in [-0.1, -0.05) is 6.08 Å². The van der Waals surface area contributed by atoms with Crippen molar-refractivity contribution in [2.45, 2.75) is 25.8 Å². The predicted octanol–water partition coefficient (Wildman–Crippen LogP) is 2.28. The van der Waals surface area contributed by atoms with Crippen molar-refractivity contribution in [3.8, 4) is 0 Å². The second-order valence-electron chi connectivity index (χ2n) is 5.98. The Hall–Kier alpha value is -1.55. The van der Waals surface area contributed by atoms with Crippen LogP contribution >= 0.6 is 0 Å². The highest BCUT2D eigenvalue weighted by Crippen LogP contribution is 2.41. The van der Waals surface area contributed by atoms with Gasteiger partial charge < -0.3 is 9.32 Å². The molecule has 2 fully saturated rings. The van der Waals surface area contributed by atoms with Crippen molar-refractivity contribution in [1.82, 2.24) is 9.80 Å². The monoisotopic (exact) mass is 274 g/mol. The molecule has 1 amide bonds. The average Bonchev–Trinajstić information content (AvgIpc) is 3.06. The maximum Gasteiger partial charge on any atom is 0.229 e. The van der Waals surface area contributed by atoms with Crippen LogP contribution in [0.1, 0.15) is 24.8 Å².